The summed E-state index contributed by atoms with van der Waals surface area (Å²) in [5.41, 5.74) is 9.15. The van der Waals surface area contributed by atoms with Crippen molar-refractivity contribution in [3.8, 4) is 17.4 Å². The zero-order valence-corrected chi connectivity index (χ0v) is 21.7. The second-order valence-corrected chi connectivity index (χ2v) is 11.3. The summed E-state index contributed by atoms with van der Waals surface area (Å²) in [6.45, 7) is 0. The van der Waals surface area contributed by atoms with Gasteiger partial charge >= 0.3 is 0 Å². The molecule has 37 heavy (non-hydrogen) atoms. The number of fused-ring (bicyclic) bond motifs is 1. The number of rotatable bonds is 6. The van der Waals surface area contributed by atoms with Crippen LogP contribution in [0.5, 0.6) is 0 Å². The number of carbonyl (C=O) groups excluding carboxylic acids is 1. The molecule has 5 rings (SSSR count). The Hall–Kier alpha value is -4.00. The minimum absolute atomic E-state index is 0.124. The normalized spacial score (nSPS) is 13.4. The molecule has 1 saturated carbocycles. The van der Waals surface area contributed by atoms with Crippen LogP contribution in [0.15, 0.2) is 59.0 Å². The first-order valence-electron chi connectivity index (χ1n) is 11.5. The lowest BCUT2D eigenvalue weighted by Gasteiger charge is -2.25. The largest absolute Gasteiger partial charge is 0.455 e. The summed E-state index contributed by atoms with van der Waals surface area (Å²) in [4.78, 5) is 13.0. The van der Waals surface area contributed by atoms with Gasteiger partial charge in [0.15, 0.2) is 0 Å². The molecule has 1 amide bonds. The summed E-state index contributed by atoms with van der Waals surface area (Å²) in [5, 5.41) is 13.3. The number of furan rings is 1. The minimum Gasteiger partial charge on any atom is -0.455 e. The van der Waals surface area contributed by atoms with Gasteiger partial charge in [-0.2, -0.15) is 5.26 Å². The van der Waals surface area contributed by atoms with Gasteiger partial charge in [0.1, 0.15) is 17.4 Å². The average Bonchev–Trinajstić information content (AvgIpc) is 3.64. The molecule has 0 bridgehead atoms. The fourth-order valence-corrected chi connectivity index (χ4v) is 5.62. The van der Waals surface area contributed by atoms with Gasteiger partial charge in [-0.3, -0.25) is 4.79 Å². The number of nitrogens with zero attached hydrogens (tertiary/aromatic N) is 2. The quantitative estimate of drug-likeness (QED) is 0.312. The summed E-state index contributed by atoms with van der Waals surface area (Å²) in [6, 6.07) is 17.0. The van der Waals surface area contributed by atoms with Crippen molar-refractivity contribution in [3.63, 3.8) is 0 Å². The molecule has 3 N–H and O–H groups in total. The van der Waals surface area contributed by atoms with Crippen LogP contribution in [-0.4, -0.2) is 27.6 Å². The van der Waals surface area contributed by atoms with Crippen LogP contribution in [0.3, 0.4) is 0 Å². The van der Waals surface area contributed by atoms with Gasteiger partial charge in [-0.25, -0.2) is 12.7 Å². The summed E-state index contributed by atoms with van der Waals surface area (Å²) in [7, 11) is -2.30. The number of nitriles is 1. The van der Waals surface area contributed by atoms with E-state index < -0.39 is 10.0 Å². The van der Waals surface area contributed by atoms with Crippen molar-refractivity contribution in [2.75, 3.05) is 23.3 Å². The van der Waals surface area contributed by atoms with E-state index in [1.807, 2.05) is 12.1 Å². The maximum atomic E-state index is 13.1. The van der Waals surface area contributed by atoms with E-state index in [0.717, 1.165) is 24.7 Å². The van der Waals surface area contributed by atoms with E-state index in [9.17, 15) is 18.5 Å². The first-order chi connectivity index (χ1) is 17.6. The molecule has 1 fully saturated rings. The van der Waals surface area contributed by atoms with E-state index in [1.165, 1.54) is 16.4 Å². The minimum atomic E-state index is -3.84. The molecule has 0 aliphatic heterocycles. The predicted octanol–water partition coefficient (Wildman–Crippen LogP) is 5.54. The van der Waals surface area contributed by atoms with Crippen LogP contribution in [0.1, 0.15) is 40.2 Å². The molecular weight excluding hydrogens is 512 g/mol. The number of halogens is 1. The van der Waals surface area contributed by atoms with Gasteiger partial charge in [-0.1, -0.05) is 11.6 Å². The van der Waals surface area contributed by atoms with Crippen LogP contribution >= 0.6 is 11.6 Å². The van der Waals surface area contributed by atoms with Crippen molar-refractivity contribution in [1.82, 2.24) is 5.32 Å². The van der Waals surface area contributed by atoms with Crippen molar-refractivity contribution in [2.45, 2.75) is 18.8 Å². The third-order valence-electron chi connectivity index (χ3n) is 6.36. The monoisotopic (exact) mass is 534 g/mol. The van der Waals surface area contributed by atoms with Crippen LogP contribution in [0.25, 0.3) is 22.3 Å². The van der Waals surface area contributed by atoms with Gasteiger partial charge < -0.3 is 15.5 Å². The van der Waals surface area contributed by atoms with E-state index >= 15 is 0 Å². The van der Waals surface area contributed by atoms with Gasteiger partial charge in [-0.05, 0) is 72.9 Å². The third-order valence-corrected chi connectivity index (χ3v) is 7.68. The van der Waals surface area contributed by atoms with Crippen molar-refractivity contribution >= 4 is 55.6 Å². The molecule has 0 saturated heterocycles. The van der Waals surface area contributed by atoms with E-state index in [4.69, 9.17) is 21.8 Å². The summed E-state index contributed by atoms with van der Waals surface area (Å²) < 4.78 is 33.7. The Bertz CT molecular complexity index is 1700. The topological polar surface area (TPSA) is 129 Å². The highest BCUT2D eigenvalue weighted by molar-refractivity contribution is 7.92. The number of hydrogen-bond acceptors (Lipinski definition) is 6. The summed E-state index contributed by atoms with van der Waals surface area (Å²) in [6.07, 6.45) is 2.88. The zero-order chi connectivity index (χ0) is 26.5. The zero-order valence-electron chi connectivity index (χ0n) is 20.1. The van der Waals surface area contributed by atoms with Crippen molar-refractivity contribution in [3.05, 3.63) is 76.3 Å². The standard InChI is InChI=1S/C27H23ClN4O4S/c1-31-27(33)25-21-12-20(15-3-4-15)23(13-24(21)36-26(25)16-5-7-18(28)8-6-16)32(37(2,34)35)19-9-10-22(30)17(11-19)14-29/h5-13,15H,3-4,30H2,1-2H3,(H,31,33). The fraction of sp³-hybridized carbons (Fsp3) is 0.185. The maximum absolute atomic E-state index is 13.1. The fourth-order valence-electron chi connectivity index (χ4n) is 4.48. The molecule has 0 unspecified atom stereocenters. The molecule has 1 aliphatic rings. The molecule has 0 atom stereocenters. The lowest BCUT2D eigenvalue weighted by Crippen LogP contribution is -2.26. The molecule has 1 aromatic heterocycles. The Morgan fingerprint density at radius 1 is 1.16 bits per heavy atom. The number of hydrogen-bond donors (Lipinski definition) is 2. The van der Waals surface area contributed by atoms with Crippen LogP contribution in [-0.2, 0) is 10.0 Å². The van der Waals surface area contributed by atoms with Gasteiger partial charge in [0.05, 0.1) is 28.8 Å². The molecule has 3 aromatic carbocycles. The molecule has 0 spiro atoms. The van der Waals surface area contributed by atoms with Gasteiger partial charge in [0.2, 0.25) is 10.0 Å². The van der Waals surface area contributed by atoms with Gasteiger partial charge in [0, 0.05) is 34.8 Å². The molecule has 8 nitrogen and oxygen atoms in total. The van der Waals surface area contributed by atoms with E-state index in [0.29, 0.717) is 38.6 Å². The number of anilines is 3. The number of nitrogens with one attached hydrogen (secondary N) is 1. The maximum Gasteiger partial charge on any atom is 0.255 e. The predicted molar refractivity (Wildman–Crippen MR) is 145 cm³/mol. The molecule has 10 heteroatoms. The smallest absolute Gasteiger partial charge is 0.255 e. The second kappa shape index (κ2) is 9.14. The Labute approximate surface area is 219 Å². The number of nitrogens with two attached hydrogens (primary N) is 1. The Kier molecular flexibility index (Phi) is 6.10. The Balaban J connectivity index is 1.80. The van der Waals surface area contributed by atoms with Gasteiger partial charge in [0.25, 0.3) is 5.91 Å². The lowest BCUT2D eigenvalue weighted by molar-refractivity contribution is 0.0964. The van der Waals surface area contributed by atoms with Crippen LogP contribution in [0.4, 0.5) is 17.1 Å². The highest BCUT2D eigenvalue weighted by Gasteiger charge is 2.34. The van der Waals surface area contributed by atoms with E-state index in [2.05, 4.69) is 5.32 Å². The molecular formula is C27H23ClN4O4S. The van der Waals surface area contributed by atoms with Crippen molar-refractivity contribution < 1.29 is 17.6 Å². The Morgan fingerprint density at radius 3 is 2.46 bits per heavy atom. The van der Waals surface area contributed by atoms with Crippen LogP contribution in [0.2, 0.25) is 5.02 Å². The summed E-state index contributed by atoms with van der Waals surface area (Å²) >= 11 is 6.06. The molecule has 188 valence electrons. The number of carbonyl (C=O) groups is 1. The van der Waals surface area contributed by atoms with Crippen molar-refractivity contribution in [2.24, 2.45) is 0 Å². The number of amides is 1. The average molecular weight is 535 g/mol. The second-order valence-electron chi connectivity index (χ2n) is 8.98. The number of benzene rings is 3. The highest BCUT2D eigenvalue weighted by Crippen LogP contribution is 2.49. The number of sulfonamides is 1. The third kappa shape index (κ3) is 4.50. The SMILES string of the molecule is CNC(=O)c1c(-c2ccc(Cl)cc2)oc2cc(N(c3ccc(N)c(C#N)c3)S(C)(=O)=O)c(C3CC3)cc12. The first-order valence-corrected chi connectivity index (χ1v) is 13.7. The molecule has 4 aromatic rings. The lowest BCUT2D eigenvalue weighted by atomic mass is 10.00. The van der Waals surface area contributed by atoms with Gasteiger partial charge in [-0.15, -0.1) is 0 Å². The van der Waals surface area contributed by atoms with Crippen molar-refractivity contribution in [1.29, 1.82) is 5.26 Å². The molecule has 1 heterocycles. The molecule has 0 radical (unpaired) electrons. The first kappa shape index (κ1) is 24.7. The Morgan fingerprint density at radius 2 is 1.86 bits per heavy atom. The van der Waals surface area contributed by atoms with E-state index in [1.54, 1.807) is 43.4 Å². The number of nitrogen functional groups attached to an aromatic ring is 1. The summed E-state index contributed by atoms with van der Waals surface area (Å²) in [5.74, 6) is 0.157. The van der Waals surface area contributed by atoms with Crippen LogP contribution in [0, 0.1) is 11.3 Å². The molecule has 1 aliphatic carbocycles. The van der Waals surface area contributed by atoms with Crippen LogP contribution < -0.4 is 15.4 Å². The van der Waals surface area contributed by atoms with E-state index in [-0.39, 0.29) is 28.8 Å². The highest BCUT2D eigenvalue weighted by atomic mass is 35.5.